The van der Waals surface area contributed by atoms with Crippen LogP contribution < -0.4 is 0 Å². The quantitative estimate of drug-likeness (QED) is 0.157. The van der Waals surface area contributed by atoms with Gasteiger partial charge in [-0.15, -0.1) is 11.8 Å². The van der Waals surface area contributed by atoms with Crippen LogP contribution in [0.1, 0.15) is 66.9 Å². The number of benzene rings is 2. The van der Waals surface area contributed by atoms with Gasteiger partial charge >= 0.3 is 5.97 Å². The molecule has 0 aromatic heterocycles. The summed E-state index contributed by atoms with van der Waals surface area (Å²) in [6.45, 7) is 8.38. The molecule has 1 saturated heterocycles. The van der Waals surface area contributed by atoms with Crippen LogP contribution in [0, 0.1) is 0 Å². The average molecular weight is 516 g/mol. The van der Waals surface area contributed by atoms with Crippen LogP contribution in [-0.2, 0) is 20.0 Å². The highest BCUT2D eigenvalue weighted by Gasteiger charge is 2.40. The van der Waals surface area contributed by atoms with Gasteiger partial charge in [0.25, 0.3) is 0 Å². The molecule has 3 rings (SSSR count). The molecule has 1 heterocycles. The first-order valence-electron chi connectivity index (χ1n) is 12.1. The van der Waals surface area contributed by atoms with E-state index in [-0.39, 0.29) is 36.0 Å². The van der Waals surface area contributed by atoms with Gasteiger partial charge in [-0.2, -0.15) is 0 Å². The SMILES string of the molecule is C=CCOC(=O)c1ccc(CSC2CC(=O)N2C(C)OCC(CCCC)c2ccccc2Cl)cc1. The molecule has 0 saturated carbocycles. The molecular formula is C28H34ClNO4S. The number of amides is 1. The Morgan fingerprint density at radius 3 is 2.66 bits per heavy atom. The topological polar surface area (TPSA) is 55.8 Å². The Morgan fingerprint density at radius 2 is 2.00 bits per heavy atom. The van der Waals surface area contributed by atoms with Crippen LogP contribution in [-0.4, -0.2) is 41.6 Å². The van der Waals surface area contributed by atoms with Crippen molar-refractivity contribution in [1.82, 2.24) is 4.90 Å². The molecule has 1 fully saturated rings. The third-order valence-electron chi connectivity index (χ3n) is 6.09. The zero-order chi connectivity index (χ0) is 25.2. The summed E-state index contributed by atoms with van der Waals surface area (Å²) in [4.78, 5) is 26.1. The largest absolute Gasteiger partial charge is 0.458 e. The minimum atomic E-state index is -0.361. The molecule has 0 bridgehead atoms. The molecule has 5 nitrogen and oxygen atoms in total. The van der Waals surface area contributed by atoms with E-state index in [0.29, 0.717) is 18.6 Å². The van der Waals surface area contributed by atoms with Crippen LogP contribution in [0.3, 0.4) is 0 Å². The second-order valence-electron chi connectivity index (χ2n) is 8.65. The second kappa shape index (κ2) is 13.7. The fourth-order valence-electron chi connectivity index (χ4n) is 4.05. The summed E-state index contributed by atoms with van der Waals surface area (Å²) in [5, 5.41) is 0.836. The van der Waals surface area contributed by atoms with E-state index in [2.05, 4.69) is 19.6 Å². The summed E-state index contributed by atoms with van der Waals surface area (Å²) in [6, 6.07) is 15.3. The highest BCUT2D eigenvalue weighted by atomic mass is 35.5. The van der Waals surface area contributed by atoms with E-state index in [1.54, 1.807) is 30.0 Å². The Morgan fingerprint density at radius 1 is 1.26 bits per heavy atom. The summed E-state index contributed by atoms with van der Waals surface area (Å²) in [5.41, 5.74) is 2.70. The summed E-state index contributed by atoms with van der Waals surface area (Å²) >= 11 is 8.16. The molecule has 7 heteroatoms. The predicted molar refractivity (Wildman–Crippen MR) is 143 cm³/mol. The van der Waals surface area contributed by atoms with Crippen LogP contribution in [0.4, 0.5) is 0 Å². The van der Waals surface area contributed by atoms with Gasteiger partial charge in [-0.25, -0.2) is 4.79 Å². The van der Waals surface area contributed by atoms with Crippen molar-refractivity contribution in [3.05, 3.63) is 82.9 Å². The van der Waals surface area contributed by atoms with Gasteiger partial charge in [-0.1, -0.05) is 74.4 Å². The summed E-state index contributed by atoms with van der Waals surface area (Å²) in [6.07, 6.45) is 4.95. The molecule has 35 heavy (non-hydrogen) atoms. The van der Waals surface area contributed by atoms with Gasteiger partial charge in [0.15, 0.2) is 0 Å². The highest BCUT2D eigenvalue weighted by Crippen LogP contribution is 2.35. The molecule has 3 unspecified atom stereocenters. The number of likely N-dealkylation sites (tertiary alicyclic amines) is 1. The molecule has 3 atom stereocenters. The zero-order valence-electron chi connectivity index (χ0n) is 20.5. The fraction of sp³-hybridized carbons (Fsp3) is 0.429. The van der Waals surface area contributed by atoms with Gasteiger partial charge < -0.3 is 14.4 Å². The van der Waals surface area contributed by atoms with Crippen molar-refractivity contribution in [3.8, 4) is 0 Å². The van der Waals surface area contributed by atoms with Crippen LogP contribution in [0.2, 0.25) is 5.02 Å². The van der Waals surface area contributed by atoms with Crippen molar-refractivity contribution < 1.29 is 19.1 Å². The number of rotatable bonds is 14. The van der Waals surface area contributed by atoms with Gasteiger partial charge in [0, 0.05) is 16.7 Å². The number of nitrogens with zero attached hydrogens (tertiary/aromatic N) is 1. The van der Waals surface area contributed by atoms with Gasteiger partial charge in [0.05, 0.1) is 24.0 Å². The monoisotopic (exact) mass is 515 g/mol. The van der Waals surface area contributed by atoms with E-state index in [9.17, 15) is 9.59 Å². The normalized spacial score (nSPS) is 16.9. The molecular weight excluding hydrogens is 482 g/mol. The lowest BCUT2D eigenvalue weighted by Crippen LogP contribution is -2.56. The lowest BCUT2D eigenvalue weighted by molar-refractivity contribution is -0.161. The van der Waals surface area contributed by atoms with Crippen LogP contribution >= 0.6 is 23.4 Å². The fourth-order valence-corrected chi connectivity index (χ4v) is 5.62. The van der Waals surface area contributed by atoms with Gasteiger partial charge in [0.2, 0.25) is 5.91 Å². The first-order valence-corrected chi connectivity index (χ1v) is 13.5. The maximum Gasteiger partial charge on any atom is 0.338 e. The highest BCUT2D eigenvalue weighted by molar-refractivity contribution is 7.99. The Balaban J connectivity index is 1.52. The minimum Gasteiger partial charge on any atom is -0.458 e. The number of carbonyl (C=O) groups excluding carboxylic acids is 2. The molecule has 0 radical (unpaired) electrons. The number of hydrogen-bond donors (Lipinski definition) is 0. The Labute approximate surface area is 217 Å². The van der Waals surface area contributed by atoms with Crippen LogP contribution in [0.25, 0.3) is 0 Å². The molecule has 0 spiro atoms. The third kappa shape index (κ3) is 7.60. The van der Waals surface area contributed by atoms with E-state index >= 15 is 0 Å². The molecule has 188 valence electrons. The smallest absolute Gasteiger partial charge is 0.338 e. The first-order chi connectivity index (χ1) is 16.9. The maximum atomic E-state index is 12.4. The minimum absolute atomic E-state index is 0.0733. The molecule has 0 N–H and O–H groups in total. The average Bonchev–Trinajstić information content (AvgIpc) is 2.86. The number of carbonyl (C=O) groups is 2. The van der Waals surface area contributed by atoms with Crippen LogP contribution in [0.5, 0.6) is 0 Å². The second-order valence-corrected chi connectivity index (χ2v) is 10.2. The number of esters is 1. The number of halogens is 1. The van der Waals surface area contributed by atoms with E-state index < -0.39 is 0 Å². The van der Waals surface area contributed by atoms with Crippen molar-refractivity contribution in [2.45, 2.75) is 62.8 Å². The maximum absolute atomic E-state index is 12.4. The molecule has 2 aromatic rings. The molecule has 0 aliphatic carbocycles. The van der Waals surface area contributed by atoms with E-state index in [4.69, 9.17) is 21.1 Å². The van der Waals surface area contributed by atoms with Gasteiger partial charge in [0.1, 0.15) is 12.8 Å². The van der Waals surface area contributed by atoms with Gasteiger partial charge in [-0.3, -0.25) is 4.79 Å². The van der Waals surface area contributed by atoms with Crippen molar-refractivity contribution in [2.24, 2.45) is 0 Å². The standard InChI is InChI=1S/C28H34ClNO4S/c1-4-6-9-23(24-10-7-8-11-25(24)29)18-34-20(3)30-26(31)17-27(30)35-19-21-12-14-22(15-13-21)28(32)33-16-5-2/h5,7-8,10-15,20,23,27H,2,4,6,9,16-19H2,1,3H3. The van der Waals surface area contributed by atoms with Gasteiger partial charge in [-0.05, 0) is 42.7 Å². The number of unbranched alkanes of at least 4 members (excludes halogenated alkanes) is 1. The lowest BCUT2D eigenvalue weighted by Gasteiger charge is -2.44. The molecule has 1 amide bonds. The first kappa shape index (κ1) is 27.3. The third-order valence-corrected chi connectivity index (χ3v) is 7.72. The molecule has 1 aliphatic heterocycles. The Kier molecular flexibility index (Phi) is 10.7. The lowest BCUT2D eigenvalue weighted by atomic mass is 9.94. The van der Waals surface area contributed by atoms with Crippen LogP contribution in [0.15, 0.2) is 61.2 Å². The Hall–Kier alpha value is -2.28. The van der Waals surface area contributed by atoms with E-state index in [0.717, 1.165) is 41.2 Å². The van der Waals surface area contributed by atoms with Crippen molar-refractivity contribution >= 4 is 35.2 Å². The summed E-state index contributed by atoms with van der Waals surface area (Å²) in [7, 11) is 0. The number of β-lactam (4-membered cyclic amide) rings is 1. The Bertz CT molecular complexity index is 997. The van der Waals surface area contributed by atoms with E-state index in [1.165, 1.54) is 0 Å². The summed E-state index contributed by atoms with van der Waals surface area (Å²) < 4.78 is 11.3. The zero-order valence-corrected chi connectivity index (χ0v) is 22.0. The number of hydrogen-bond acceptors (Lipinski definition) is 5. The van der Waals surface area contributed by atoms with Crippen molar-refractivity contribution in [2.75, 3.05) is 13.2 Å². The number of ether oxygens (including phenoxy) is 2. The molecule has 2 aromatic carbocycles. The summed E-state index contributed by atoms with van der Waals surface area (Å²) in [5.74, 6) is 0.685. The predicted octanol–water partition coefficient (Wildman–Crippen LogP) is 6.81. The van der Waals surface area contributed by atoms with Crippen molar-refractivity contribution in [3.63, 3.8) is 0 Å². The number of thioether (sulfide) groups is 1. The van der Waals surface area contributed by atoms with Crippen molar-refractivity contribution in [1.29, 1.82) is 0 Å². The molecule has 1 aliphatic rings. The van der Waals surface area contributed by atoms with E-state index in [1.807, 2.05) is 42.2 Å².